The highest BCUT2D eigenvalue weighted by Crippen LogP contribution is 2.47. The molecule has 2 aliphatic rings. The topological polar surface area (TPSA) is 6.48 Å². The van der Waals surface area contributed by atoms with E-state index in [1.54, 1.807) is 0 Å². The zero-order valence-electron chi connectivity index (χ0n) is 33.7. The molecule has 10 rings (SSSR count). The second kappa shape index (κ2) is 16.8. The molecule has 0 spiro atoms. The molecule has 0 aromatic heterocycles. The fraction of sp³-hybridized carbons (Fsp3) is 0.0690. The predicted octanol–water partition coefficient (Wildman–Crippen LogP) is 15.8. The van der Waals surface area contributed by atoms with Crippen LogP contribution in [0.15, 0.2) is 206 Å². The van der Waals surface area contributed by atoms with E-state index in [1.165, 1.54) is 67.0 Å². The number of aryl methyl sites for hydroxylation is 2. The number of para-hydroxylation sites is 2. The fourth-order valence-electron chi connectivity index (χ4n) is 8.89. The molecule has 0 amide bonds. The minimum absolute atomic E-state index is 1.02. The summed E-state index contributed by atoms with van der Waals surface area (Å²) in [6.07, 6.45) is 12.9. The number of hydrogen-bond acceptors (Lipinski definition) is 2. The van der Waals surface area contributed by atoms with Gasteiger partial charge in [0, 0.05) is 34.1 Å². The van der Waals surface area contributed by atoms with Crippen molar-refractivity contribution in [1.29, 1.82) is 0 Å². The van der Waals surface area contributed by atoms with Crippen LogP contribution in [0.3, 0.4) is 0 Å². The Kier molecular flexibility index (Phi) is 10.3. The van der Waals surface area contributed by atoms with Gasteiger partial charge in [0.2, 0.25) is 0 Å². The van der Waals surface area contributed by atoms with Crippen LogP contribution in [0.5, 0.6) is 0 Å². The van der Waals surface area contributed by atoms with Gasteiger partial charge in [0.1, 0.15) is 0 Å². The number of rotatable bonds is 10. The first-order valence-corrected chi connectivity index (χ1v) is 21.1. The van der Waals surface area contributed by atoms with Crippen LogP contribution in [-0.2, 0) is 12.8 Å². The molecule has 288 valence electrons. The van der Waals surface area contributed by atoms with Crippen molar-refractivity contribution in [3.8, 4) is 0 Å². The molecule has 8 aromatic carbocycles. The van der Waals surface area contributed by atoms with Crippen LogP contribution in [0.4, 0.5) is 34.1 Å². The van der Waals surface area contributed by atoms with Gasteiger partial charge in [-0.25, -0.2) is 0 Å². The fourth-order valence-corrected chi connectivity index (χ4v) is 8.89. The van der Waals surface area contributed by atoms with Crippen molar-refractivity contribution >= 4 is 69.6 Å². The quantitative estimate of drug-likeness (QED) is 0.128. The van der Waals surface area contributed by atoms with Gasteiger partial charge >= 0.3 is 0 Å². The number of allylic oxidation sites excluding steroid dienone is 2. The molecule has 0 heterocycles. The molecule has 0 aliphatic heterocycles. The van der Waals surface area contributed by atoms with E-state index in [4.69, 9.17) is 0 Å². The van der Waals surface area contributed by atoms with Crippen LogP contribution in [0, 0.1) is 0 Å². The third-order valence-electron chi connectivity index (χ3n) is 11.9. The highest BCUT2D eigenvalue weighted by atomic mass is 15.1. The Morgan fingerprint density at radius 3 is 0.933 bits per heavy atom. The standard InChI is InChI=1S/C58H46N2/c1-5-13-43(14-6-1)21-23-45-25-31-51(32-26-45)59(49-17-9-3-10-18-49)53-35-39-55-47(41-53)29-37-58-56-40-36-54(42-48(56)30-38-57(55)58)60(50-19-11-4-12-20-50)52-33-27-46(28-34-52)24-22-44-15-7-2-8-16-44/h1-28,31-36,39-42H,29-30,37-38H2. The number of anilines is 6. The van der Waals surface area contributed by atoms with E-state index in [0.717, 1.165) is 48.4 Å². The molecular weight excluding hydrogens is 725 g/mol. The molecule has 0 unspecified atom stereocenters. The Balaban J connectivity index is 0.937. The zero-order chi connectivity index (χ0) is 40.1. The number of hydrogen-bond donors (Lipinski definition) is 0. The summed E-state index contributed by atoms with van der Waals surface area (Å²) in [5.74, 6) is 0. The molecule has 60 heavy (non-hydrogen) atoms. The van der Waals surface area contributed by atoms with Gasteiger partial charge in [0.05, 0.1) is 0 Å². The summed E-state index contributed by atoms with van der Waals surface area (Å²) < 4.78 is 0. The third kappa shape index (κ3) is 7.76. The van der Waals surface area contributed by atoms with Gasteiger partial charge in [0.25, 0.3) is 0 Å². The summed E-state index contributed by atoms with van der Waals surface area (Å²) in [6.45, 7) is 0. The van der Waals surface area contributed by atoms with Crippen molar-refractivity contribution < 1.29 is 0 Å². The van der Waals surface area contributed by atoms with Gasteiger partial charge in [-0.15, -0.1) is 0 Å². The number of benzene rings is 8. The maximum absolute atomic E-state index is 2.44. The molecule has 0 atom stereocenters. The van der Waals surface area contributed by atoms with E-state index >= 15 is 0 Å². The summed E-state index contributed by atoms with van der Waals surface area (Å²) in [6, 6.07) is 74.5. The lowest BCUT2D eigenvalue weighted by atomic mass is 9.75. The van der Waals surface area contributed by atoms with Gasteiger partial charge in [0.15, 0.2) is 0 Å². The smallest absolute Gasteiger partial charge is 0.0464 e. The Hall–Kier alpha value is -7.42. The zero-order valence-corrected chi connectivity index (χ0v) is 33.7. The van der Waals surface area contributed by atoms with Crippen LogP contribution in [0.25, 0.3) is 35.5 Å². The maximum Gasteiger partial charge on any atom is 0.0464 e. The van der Waals surface area contributed by atoms with E-state index in [9.17, 15) is 0 Å². The Bertz CT molecular complexity index is 2620. The van der Waals surface area contributed by atoms with Crippen LogP contribution in [0.2, 0.25) is 0 Å². The van der Waals surface area contributed by atoms with Gasteiger partial charge in [-0.2, -0.15) is 0 Å². The van der Waals surface area contributed by atoms with Crippen LogP contribution < -0.4 is 9.80 Å². The van der Waals surface area contributed by atoms with Crippen LogP contribution >= 0.6 is 0 Å². The molecule has 8 aromatic rings. The maximum atomic E-state index is 2.44. The number of nitrogens with zero attached hydrogens (tertiary/aromatic N) is 2. The highest BCUT2D eigenvalue weighted by molar-refractivity contribution is 5.97. The molecule has 0 fully saturated rings. The van der Waals surface area contributed by atoms with Crippen molar-refractivity contribution in [1.82, 2.24) is 0 Å². The first-order chi connectivity index (χ1) is 29.7. The molecule has 0 N–H and O–H groups in total. The normalized spacial score (nSPS) is 13.2. The van der Waals surface area contributed by atoms with Gasteiger partial charge in [-0.3, -0.25) is 0 Å². The molecule has 2 nitrogen and oxygen atoms in total. The molecular formula is C58H46N2. The summed E-state index contributed by atoms with van der Waals surface area (Å²) in [4.78, 5) is 4.78. The Morgan fingerprint density at radius 1 is 0.267 bits per heavy atom. The van der Waals surface area contributed by atoms with E-state index in [2.05, 4.69) is 240 Å². The average Bonchev–Trinajstić information content (AvgIpc) is 3.32. The monoisotopic (exact) mass is 770 g/mol. The molecule has 0 saturated heterocycles. The van der Waals surface area contributed by atoms with Crippen LogP contribution in [-0.4, -0.2) is 0 Å². The first kappa shape index (κ1) is 36.9. The summed E-state index contributed by atoms with van der Waals surface area (Å²) in [5.41, 5.74) is 20.5. The van der Waals surface area contributed by atoms with E-state index < -0.39 is 0 Å². The van der Waals surface area contributed by atoms with E-state index in [1.807, 2.05) is 0 Å². The van der Waals surface area contributed by atoms with Crippen molar-refractivity contribution in [2.75, 3.05) is 9.80 Å². The van der Waals surface area contributed by atoms with Gasteiger partial charge < -0.3 is 9.80 Å². The lowest BCUT2D eigenvalue weighted by Gasteiger charge is -2.32. The average molecular weight is 771 g/mol. The lowest BCUT2D eigenvalue weighted by Crippen LogP contribution is -2.15. The van der Waals surface area contributed by atoms with Crippen molar-refractivity contribution in [2.24, 2.45) is 0 Å². The molecule has 2 heteroatoms. The second-order valence-electron chi connectivity index (χ2n) is 15.7. The summed E-state index contributed by atoms with van der Waals surface area (Å²) >= 11 is 0. The third-order valence-corrected chi connectivity index (χ3v) is 11.9. The van der Waals surface area contributed by atoms with Gasteiger partial charge in [-0.05, 0) is 154 Å². The molecule has 0 saturated carbocycles. The van der Waals surface area contributed by atoms with Crippen molar-refractivity contribution in [2.45, 2.75) is 25.7 Å². The van der Waals surface area contributed by atoms with E-state index in [-0.39, 0.29) is 0 Å². The summed E-state index contributed by atoms with van der Waals surface area (Å²) in [7, 11) is 0. The minimum Gasteiger partial charge on any atom is -0.310 e. The SMILES string of the molecule is C(=Cc1ccc(N(c2ccccc2)c2ccc3c(c2)CCC2=C3CCc3cc(N(c4ccccc4)c4ccc(C=Cc5ccccc5)cc4)ccc32)cc1)c1ccccc1. The van der Waals surface area contributed by atoms with E-state index in [0.29, 0.717) is 0 Å². The lowest BCUT2D eigenvalue weighted by molar-refractivity contribution is 0.918. The molecule has 0 radical (unpaired) electrons. The van der Waals surface area contributed by atoms with Gasteiger partial charge in [-0.1, -0.05) is 158 Å². The second-order valence-corrected chi connectivity index (χ2v) is 15.7. The predicted molar refractivity (Wildman–Crippen MR) is 256 cm³/mol. The largest absolute Gasteiger partial charge is 0.310 e. The van der Waals surface area contributed by atoms with Crippen LogP contribution in [0.1, 0.15) is 57.3 Å². The minimum atomic E-state index is 1.02. The Labute approximate surface area is 354 Å². The first-order valence-electron chi connectivity index (χ1n) is 21.1. The van der Waals surface area contributed by atoms with Crippen molar-refractivity contribution in [3.05, 3.63) is 251 Å². The summed E-state index contributed by atoms with van der Waals surface area (Å²) in [5, 5.41) is 0. The Morgan fingerprint density at radius 2 is 0.567 bits per heavy atom. The highest BCUT2D eigenvalue weighted by Gasteiger charge is 2.27. The molecule has 0 bridgehead atoms. The van der Waals surface area contributed by atoms with Crippen molar-refractivity contribution in [3.63, 3.8) is 0 Å². The molecule has 2 aliphatic carbocycles. The number of fused-ring (bicyclic) bond motifs is 4.